The highest BCUT2D eigenvalue weighted by molar-refractivity contribution is 9.10. The van der Waals surface area contributed by atoms with Gasteiger partial charge in [-0.3, -0.25) is 0 Å². The van der Waals surface area contributed by atoms with Crippen LogP contribution in [-0.2, 0) is 6.54 Å². The Hall–Kier alpha value is 0.490. The normalized spacial score (nSPS) is 18.1. The van der Waals surface area contributed by atoms with Crippen LogP contribution in [0.4, 0.5) is 0 Å². The molecule has 1 fully saturated rings. The molecule has 1 saturated carbocycles. The van der Waals surface area contributed by atoms with Crippen molar-refractivity contribution in [2.75, 3.05) is 12.8 Å². The second-order valence-corrected chi connectivity index (χ2v) is 7.58. The van der Waals surface area contributed by atoms with Crippen LogP contribution in [0.3, 0.4) is 0 Å². The molecule has 0 radical (unpaired) electrons. The van der Waals surface area contributed by atoms with Gasteiger partial charge < -0.3 is 5.32 Å². The maximum Gasteiger partial charge on any atom is 0.0314 e. The van der Waals surface area contributed by atoms with Crippen molar-refractivity contribution in [3.05, 3.63) is 20.3 Å². The highest BCUT2D eigenvalue weighted by atomic mass is 79.9. The van der Waals surface area contributed by atoms with Crippen LogP contribution in [0.1, 0.15) is 22.6 Å². The Kier molecular flexibility index (Phi) is 3.81. The van der Waals surface area contributed by atoms with Gasteiger partial charge in [0.05, 0.1) is 0 Å². The van der Waals surface area contributed by atoms with E-state index in [9.17, 15) is 0 Å². The van der Waals surface area contributed by atoms with E-state index in [1.807, 2.05) is 23.1 Å². The van der Waals surface area contributed by atoms with Crippen molar-refractivity contribution in [1.82, 2.24) is 5.32 Å². The van der Waals surface area contributed by atoms with Crippen LogP contribution < -0.4 is 5.32 Å². The number of aryl methyl sites for hydroxylation is 1. The minimum atomic E-state index is 0.573. The first-order valence-corrected chi connectivity index (χ1v) is 7.99. The van der Waals surface area contributed by atoms with E-state index in [1.54, 1.807) is 0 Å². The lowest BCUT2D eigenvalue weighted by molar-refractivity contribution is 0.669. The minimum Gasteiger partial charge on any atom is -0.310 e. The topological polar surface area (TPSA) is 12.0 Å². The van der Waals surface area contributed by atoms with Crippen LogP contribution in [0.2, 0.25) is 0 Å². The monoisotopic (exact) mass is 305 g/mol. The summed E-state index contributed by atoms with van der Waals surface area (Å²) in [4.78, 5) is 2.80. The van der Waals surface area contributed by atoms with E-state index in [1.165, 1.54) is 27.1 Å². The number of hydrogen-bond acceptors (Lipinski definition) is 3. The zero-order chi connectivity index (χ0) is 10.9. The molecule has 0 unspecified atom stereocenters. The first-order valence-electron chi connectivity index (χ1n) is 5.16. The fourth-order valence-corrected chi connectivity index (χ4v) is 3.94. The summed E-state index contributed by atoms with van der Waals surface area (Å²) in [5.41, 5.74) is 0. The molecule has 0 bridgehead atoms. The zero-order valence-corrected chi connectivity index (χ0v) is 12.3. The smallest absolute Gasteiger partial charge is 0.0314 e. The zero-order valence-electron chi connectivity index (χ0n) is 9.10. The van der Waals surface area contributed by atoms with Gasteiger partial charge in [-0.15, -0.1) is 11.3 Å². The highest BCUT2D eigenvalue weighted by Gasteiger charge is 2.41. The van der Waals surface area contributed by atoms with Crippen molar-refractivity contribution in [3.63, 3.8) is 0 Å². The molecule has 0 amide bonds. The van der Waals surface area contributed by atoms with Crippen LogP contribution in [0, 0.1) is 6.92 Å². The van der Waals surface area contributed by atoms with Crippen LogP contribution in [-0.4, -0.2) is 17.5 Å². The van der Waals surface area contributed by atoms with E-state index in [4.69, 9.17) is 0 Å². The molecule has 0 saturated heterocycles. The first-order chi connectivity index (χ1) is 7.15. The predicted octanol–water partition coefficient (Wildman–Crippen LogP) is 3.80. The van der Waals surface area contributed by atoms with Crippen LogP contribution in [0.25, 0.3) is 0 Å². The largest absolute Gasteiger partial charge is 0.310 e. The molecule has 1 aliphatic carbocycles. The molecule has 1 aliphatic rings. The fraction of sp³-hybridized carbons (Fsp3) is 0.636. The first kappa shape index (κ1) is 12.0. The molecular formula is C11H16BrNS2. The van der Waals surface area contributed by atoms with Crippen LogP contribution in [0.15, 0.2) is 10.5 Å². The summed E-state index contributed by atoms with van der Waals surface area (Å²) >= 11 is 7.44. The Bertz CT molecular complexity index is 325. The summed E-state index contributed by atoms with van der Waals surface area (Å²) in [7, 11) is 0. The van der Waals surface area contributed by atoms with Crippen molar-refractivity contribution in [3.8, 4) is 0 Å². The molecule has 1 aromatic rings. The summed E-state index contributed by atoms with van der Waals surface area (Å²) in [5, 5.41) is 3.56. The molecule has 4 heteroatoms. The number of thiophene rings is 1. The average Bonchev–Trinajstić information content (AvgIpc) is 2.91. The number of halogens is 1. The number of thioether (sulfide) groups is 1. The van der Waals surface area contributed by atoms with Crippen molar-refractivity contribution in [1.29, 1.82) is 0 Å². The lowest BCUT2D eigenvalue weighted by Crippen LogP contribution is -2.25. The lowest BCUT2D eigenvalue weighted by Gasteiger charge is -2.12. The average molecular weight is 306 g/mol. The molecule has 0 aromatic carbocycles. The highest BCUT2D eigenvalue weighted by Crippen LogP contribution is 2.46. The predicted molar refractivity (Wildman–Crippen MR) is 73.9 cm³/mol. The van der Waals surface area contributed by atoms with Crippen LogP contribution in [0.5, 0.6) is 0 Å². The molecule has 1 N–H and O–H groups in total. The molecule has 1 nitrogen and oxygen atoms in total. The molecule has 0 atom stereocenters. The van der Waals surface area contributed by atoms with Gasteiger partial charge >= 0.3 is 0 Å². The maximum atomic E-state index is 3.56. The Labute approximate surface area is 108 Å². The fourth-order valence-electron chi connectivity index (χ4n) is 1.61. The van der Waals surface area contributed by atoms with E-state index >= 15 is 0 Å². The molecule has 0 spiro atoms. The molecule has 2 rings (SSSR count). The van der Waals surface area contributed by atoms with Gasteiger partial charge in [0, 0.05) is 32.1 Å². The molecule has 84 valence electrons. The van der Waals surface area contributed by atoms with Gasteiger partial charge in [0.1, 0.15) is 0 Å². The Balaban J connectivity index is 1.78. The van der Waals surface area contributed by atoms with Crippen LogP contribution >= 0.6 is 39.0 Å². The second-order valence-electron chi connectivity index (χ2n) is 4.11. The van der Waals surface area contributed by atoms with Gasteiger partial charge in [0.25, 0.3) is 0 Å². The number of rotatable bonds is 5. The minimum absolute atomic E-state index is 0.573. The van der Waals surface area contributed by atoms with E-state index < -0.39 is 0 Å². The SMILES string of the molecule is CSC1(CNCc2cc(Br)c(C)s2)CC1. The molecule has 15 heavy (non-hydrogen) atoms. The third kappa shape index (κ3) is 2.99. The summed E-state index contributed by atoms with van der Waals surface area (Å²) in [6.07, 6.45) is 4.99. The second kappa shape index (κ2) is 4.78. The van der Waals surface area contributed by atoms with Gasteiger partial charge in [-0.2, -0.15) is 11.8 Å². The van der Waals surface area contributed by atoms with E-state index in [-0.39, 0.29) is 0 Å². The van der Waals surface area contributed by atoms with Crippen molar-refractivity contribution >= 4 is 39.0 Å². The maximum absolute atomic E-state index is 3.56. The summed E-state index contributed by atoms with van der Waals surface area (Å²) in [6, 6.07) is 2.23. The van der Waals surface area contributed by atoms with Crippen molar-refractivity contribution in [2.45, 2.75) is 31.1 Å². The van der Waals surface area contributed by atoms with E-state index in [0.717, 1.165) is 13.1 Å². The number of hydrogen-bond donors (Lipinski definition) is 1. The van der Waals surface area contributed by atoms with Gasteiger partial charge in [-0.25, -0.2) is 0 Å². The molecule has 1 aromatic heterocycles. The molecular weight excluding hydrogens is 290 g/mol. The summed E-state index contributed by atoms with van der Waals surface area (Å²) in [5.74, 6) is 0. The van der Waals surface area contributed by atoms with Gasteiger partial charge in [0.2, 0.25) is 0 Å². The molecule has 1 heterocycles. The lowest BCUT2D eigenvalue weighted by atomic mass is 10.4. The summed E-state index contributed by atoms with van der Waals surface area (Å²) in [6.45, 7) is 4.32. The Morgan fingerprint density at radius 2 is 2.33 bits per heavy atom. The third-order valence-electron chi connectivity index (χ3n) is 2.90. The molecule has 0 aliphatic heterocycles. The van der Waals surface area contributed by atoms with Gasteiger partial charge in [-0.1, -0.05) is 0 Å². The summed E-state index contributed by atoms with van der Waals surface area (Å²) < 4.78 is 1.82. The number of nitrogens with one attached hydrogen (secondary N) is 1. The van der Waals surface area contributed by atoms with E-state index in [2.05, 4.69) is 40.5 Å². The Morgan fingerprint density at radius 3 is 2.80 bits per heavy atom. The quantitative estimate of drug-likeness (QED) is 0.888. The van der Waals surface area contributed by atoms with Crippen molar-refractivity contribution < 1.29 is 0 Å². The van der Waals surface area contributed by atoms with E-state index in [0.29, 0.717) is 4.75 Å². The van der Waals surface area contributed by atoms with Gasteiger partial charge in [0.15, 0.2) is 0 Å². The van der Waals surface area contributed by atoms with Gasteiger partial charge in [-0.05, 0) is 48.0 Å². The standard InChI is InChI=1S/C11H16BrNS2/c1-8-10(12)5-9(15-8)6-13-7-11(14-2)3-4-11/h5,13H,3-4,6-7H2,1-2H3. The third-order valence-corrected chi connectivity index (χ3v) is 6.45. The van der Waals surface area contributed by atoms with Crippen molar-refractivity contribution in [2.24, 2.45) is 0 Å². The Morgan fingerprint density at radius 1 is 1.60 bits per heavy atom.